The summed E-state index contributed by atoms with van der Waals surface area (Å²) in [6, 6.07) is 13.8. The number of nitrogens with zero attached hydrogens (tertiary/aromatic N) is 3. The summed E-state index contributed by atoms with van der Waals surface area (Å²) in [5.74, 6) is 2.57. The average molecular weight is 481 g/mol. The molecule has 0 fully saturated rings. The number of nitrogens with two attached hydrogens (primary N) is 1. The van der Waals surface area contributed by atoms with Crippen LogP contribution in [0.4, 0.5) is 0 Å². The number of ether oxygens (including phenoxy) is 2. The molecule has 2 N–H and O–H groups in total. The van der Waals surface area contributed by atoms with Crippen LogP contribution in [0.2, 0.25) is 0 Å². The lowest BCUT2D eigenvalue weighted by Crippen LogP contribution is -2.34. The Bertz CT molecular complexity index is 1070. The topological polar surface area (TPSA) is 104 Å². The maximum Gasteiger partial charge on any atom is 0.228 e. The van der Waals surface area contributed by atoms with Crippen molar-refractivity contribution in [2.75, 3.05) is 33.9 Å². The van der Waals surface area contributed by atoms with Gasteiger partial charge in [0.05, 0.1) is 14.2 Å². The molecule has 0 spiro atoms. The smallest absolute Gasteiger partial charge is 0.228 e. The van der Waals surface area contributed by atoms with E-state index in [4.69, 9.17) is 19.7 Å². The number of amides is 1. The highest BCUT2D eigenvalue weighted by atomic mass is 16.5. The van der Waals surface area contributed by atoms with Gasteiger partial charge in [-0.05, 0) is 50.4 Å². The molecule has 0 radical (unpaired) electrons. The Balaban J connectivity index is 1.64. The SMILES string of the molecule is COc1ccc(CCN(CCc2nc(-c3ccc(C)cc3)no2)C(=O)CCCCCN)cc1OC. The Hall–Kier alpha value is -3.39. The van der Waals surface area contributed by atoms with Crippen molar-refractivity contribution in [1.29, 1.82) is 0 Å². The van der Waals surface area contributed by atoms with Gasteiger partial charge in [0.25, 0.3) is 0 Å². The molecule has 188 valence electrons. The van der Waals surface area contributed by atoms with Crippen LogP contribution in [-0.2, 0) is 17.6 Å². The Labute approximate surface area is 207 Å². The van der Waals surface area contributed by atoms with Gasteiger partial charge in [-0.15, -0.1) is 0 Å². The molecule has 0 atom stereocenters. The molecule has 3 aromatic rings. The minimum atomic E-state index is 0.126. The van der Waals surface area contributed by atoms with E-state index in [1.54, 1.807) is 14.2 Å². The van der Waals surface area contributed by atoms with Crippen LogP contribution >= 0.6 is 0 Å². The number of aryl methyl sites for hydroxylation is 1. The van der Waals surface area contributed by atoms with E-state index in [0.29, 0.717) is 62.1 Å². The van der Waals surface area contributed by atoms with Gasteiger partial charge in [0.2, 0.25) is 17.6 Å². The zero-order valence-electron chi connectivity index (χ0n) is 21.0. The summed E-state index contributed by atoms with van der Waals surface area (Å²) >= 11 is 0. The van der Waals surface area contributed by atoms with Gasteiger partial charge in [0.1, 0.15) is 0 Å². The van der Waals surface area contributed by atoms with Crippen LogP contribution in [0.1, 0.15) is 42.7 Å². The van der Waals surface area contributed by atoms with Crippen molar-refractivity contribution < 1.29 is 18.8 Å². The first kappa shape index (κ1) is 26.2. The lowest BCUT2D eigenvalue weighted by atomic mass is 10.1. The van der Waals surface area contributed by atoms with Gasteiger partial charge in [-0.2, -0.15) is 4.98 Å². The van der Waals surface area contributed by atoms with E-state index in [-0.39, 0.29) is 5.91 Å². The molecule has 0 saturated heterocycles. The van der Waals surface area contributed by atoms with Crippen molar-refractivity contribution in [1.82, 2.24) is 15.0 Å². The third kappa shape index (κ3) is 7.82. The first-order chi connectivity index (χ1) is 17.0. The minimum absolute atomic E-state index is 0.126. The van der Waals surface area contributed by atoms with Crippen LogP contribution < -0.4 is 15.2 Å². The van der Waals surface area contributed by atoms with E-state index in [2.05, 4.69) is 10.1 Å². The van der Waals surface area contributed by atoms with Crippen molar-refractivity contribution in [2.24, 2.45) is 5.73 Å². The summed E-state index contributed by atoms with van der Waals surface area (Å²) in [4.78, 5) is 19.4. The standard InChI is InChI=1S/C27H36N4O4/c1-20-8-11-22(12-9-20)27-29-25(35-30-27)15-18-31(26(32)7-5-4-6-16-28)17-14-21-10-13-23(33-2)24(19-21)34-3/h8-13,19H,4-7,14-18,28H2,1-3H3. The molecule has 2 aromatic carbocycles. The number of aromatic nitrogens is 2. The van der Waals surface area contributed by atoms with Crippen LogP contribution in [0, 0.1) is 6.92 Å². The van der Waals surface area contributed by atoms with E-state index in [9.17, 15) is 4.79 Å². The largest absolute Gasteiger partial charge is 0.493 e. The van der Waals surface area contributed by atoms with Gasteiger partial charge in [-0.1, -0.05) is 47.5 Å². The molecule has 0 unspecified atom stereocenters. The van der Waals surface area contributed by atoms with Crippen molar-refractivity contribution >= 4 is 5.91 Å². The predicted molar refractivity (Wildman–Crippen MR) is 136 cm³/mol. The monoisotopic (exact) mass is 480 g/mol. The molecule has 0 aliphatic heterocycles. The number of methoxy groups -OCH3 is 2. The third-order valence-corrected chi connectivity index (χ3v) is 5.94. The quantitative estimate of drug-likeness (QED) is 0.345. The van der Waals surface area contributed by atoms with Gasteiger partial charge < -0.3 is 24.6 Å². The van der Waals surface area contributed by atoms with Gasteiger partial charge in [0, 0.05) is 31.5 Å². The van der Waals surface area contributed by atoms with E-state index >= 15 is 0 Å². The number of rotatable bonds is 14. The maximum atomic E-state index is 13.0. The molecule has 0 saturated carbocycles. The normalized spacial score (nSPS) is 10.9. The highest BCUT2D eigenvalue weighted by molar-refractivity contribution is 5.76. The molecule has 0 bridgehead atoms. The van der Waals surface area contributed by atoms with E-state index < -0.39 is 0 Å². The summed E-state index contributed by atoms with van der Waals surface area (Å²) in [7, 11) is 3.23. The number of benzene rings is 2. The third-order valence-electron chi connectivity index (χ3n) is 5.94. The average Bonchev–Trinajstić information content (AvgIpc) is 3.35. The lowest BCUT2D eigenvalue weighted by molar-refractivity contribution is -0.131. The highest BCUT2D eigenvalue weighted by Gasteiger charge is 2.16. The Morgan fingerprint density at radius 1 is 0.971 bits per heavy atom. The first-order valence-electron chi connectivity index (χ1n) is 12.1. The minimum Gasteiger partial charge on any atom is -0.493 e. The van der Waals surface area contributed by atoms with Gasteiger partial charge >= 0.3 is 0 Å². The highest BCUT2D eigenvalue weighted by Crippen LogP contribution is 2.27. The zero-order chi connectivity index (χ0) is 25.0. The number of carbonyl (C=O) groups is 1. The summed E-state index contributed by atoms with van der Waals surface area (Å²) in [5.41, 5.74) is 8.74. The number of hydrogen-bond donors (Lipinski definition) is 1. The molecule has 35 heavy (non-hydrogen) atoms. The Morgan fingerprint density at radius 2 is 1.71 bits per heavy atom. The van der Waals surface area contributed by atoms with E-state index in [1.807, 2.05) is 54.3 Å². The molecular weight excluding hydrogens is 444 g/mol. The van der Waals surface area contributed by atoms with Crippen LogP contribution in [-0.4, -0.2) is 54.8 Å². The molecular formula is C27H36N4O4. The number of hydrogen-bond acceptors (Lipinski definition) is 7. The van der Waals surface area contributed by atoms with Crippen LogP contribution in [0.5, 0.6) is 11.5 Å². The summed E-state index contributed by atoms with van der Waals surface area (Å²) < 4.78 is 16.2. The fraction of sp³-hybridized carbons (Fsp3) is 0.444. The second kappa shape index (κ2) is 13.5. The van der Waals surface area contributed by atoms with Gasteiger partial charge in [0.15, 0.2) is 11.5 Å². The van der Waals surface area contributed by atoms with Crippen molar-refractivity contribution in [3.63, 3.8) is 0 Å². The fourth-order valence-electron chi connectivity index (χ4n) is 3.82. The molecule has 8 heteroatoms. The Kier molecular flexibility index (Phi) is 10.1. The van der Waals surface area contributed by atoms with Gasteiger partial charge in [-0.3, -0.25) is 4.79 Å². The lowest BCUT2D eigenvalue weighted by Gasteiger charge is -2.22. The predicted octanol–water partition coefficient (Wildman–Crippen LogP) is 4.20. The van der Waals surface area contributed by atoms with Gasteiger partial charge in [-0.25, -0.2) is 0 Å². The molecule has 1 aromatic heterocycles. The summed E-state index contributed by atoms with van der Waals surface area (Å²) in [5, 5.41) is 4.11. The summed E-state index contributed by atoms with van der Waals surface area (Å²) in [6.45, 7) is 3.79. The molecule has 3 rings (SSSR count). The summed E-state index contributed by atoms with van der Waals surface area (Å²) in [6.07, 6.45) is 4.43. The second-order valence-electron chi connectivity index (χ2n) is 8.55. The van der Waals surface area contributed by atoms with Crippen molar-refractivity contribution in [3.05, 3.63) is 59.5 Å². The zero-order valence-corrected chi connectivity index (χ0v) is 21.0. The van der Waals surface area contributed by atoms with Crippen LogP contribution in [0.3, 0.4) is 0 Å². The maximum absolute atomic E-state index is 13.0. The fourth-order valence-corrected chi connectivity index (χ4v) is 3.82. The number of carbonyl (C=O) groups excluding carboxylic acids is 1. The molecule has 1 amide bonds. The van der Waals surface area contributed by atoms with Crippen molar-refractivity contribution in [3.8, 4) is 22.9 Å². The Morgan fingerprint density at radius 3 is 2.43 bits per heavy atom. The second-order valence-corrected chi connectivity index (χ2v) is 8.55. The van der Waals surface area contributed by atoms with E-state index in [1.165, 1.54) is 5.56 Å². The molecule has 1 heterocycles. The van der Waals surface area contributed by atoms with E-state index in [0.717, 1.165) is 30.4 Å². The number of unbranched alkanes of at least 4 members (excludes halogenated alkanes) is 2. The first-order valence-corrected chi connectivity index (χ1v) is 12.1. The molecule has 8 nitrogen and oxygen atoms in total. The molecule has 0 aliphatic rings. The van der Waals surface area contributed by atoms with Crippen molar-refractivity contribution in [2.45, 2.75) is 45.4 Å². The van der Waals surface area contributed by atoms with Crippen LogP contribution in [0.25, 0.3) is 11.4 Å². The molecule has 0 aliphatic carbocycles. The van der Waals surface area contributed by atoms with Crippen LogP contribution in [0.15, 0.2) is 47.0 Å².